The van der Waals surface area contributed by atoms with E-state index in [4.69, 9.17) is 15.7 Å². The maximum atomic E-state index is 10.8. The molecule has 106 valence electrons. The lowest BCUT2D eigenvalue weighted by Gasteiger charge is -2.16. The highest BCUT2D eigenvalue weighted by Crippen LogP contribution is 2.31. The SMILES string of the molecule is CCN1CCC(Oc2cc(N)c([N+](=O)[O-])cc2C#N)C1. The Labute approximate surface area is 116 Å². The van der Waals surface area contributed by atoms with Crippen LogP contribution in [0.2, 0.25) is 0 Å². The van der Waals surface area contributed by atoms with Crippen molar-refractivity contribution < 1.29 is 9.66 Å². The Morgan fingerprint density at radius 3 is 2.95 bits per heavy atom. The molecule has 1 atom stereocenters. The number of likely N-dealkylation sites (N-methyl/N-ethyl adjacent to an activating group) is 1. The molecule has 1 unspecified atom stereocenters. The van der Waals surface area contributed by atoms with Crippen LogP contribution in [0.25, 0.3) is 0 Å². The Hall–Kier alpha value is -2.33. The first-order valence-electron chi connectivity index (χ1n) is 6.42. The summed E-state index contributed by atoms with van der Waals surface area (Å²) in [5, 5.41) is 19.9. The fourth-order valence-electron chi connectivity index (χ4n) is 2.29. The number of nitrogens with zero attached hydrogens (tertiary/aromatic N) is 3. The van der Waals surface area contributed by atoms with Crippen LogP contribution < -0.4 is 10.5 Å². The van der Waals surface area contributed by atoms with Crippen molar-refractivity contribution >= 4 is 11.4 Å². The third kappa shape index (κ3) is 2.81. The number of hydrogen-bond donors (Lipinski definition) is 1. The number of nitrogen functional groups attached to an aromatic ring is 1. The molecule has 1 aliphatic rings. The van der Waals surface area contributed by atoms with E-state index in [0.29, 0.717) is 5.75 Å². The lowest BCUT2D eigenvalue weighted by atomic mass is 10.1. The smallest absolute Gasteiger partial charge is 0.293 e. The van der Waals surface area contributed by atoms with Crippen molar-refractivity contribution in [2.24, 2.45) is 0 Å². The first-order valence-corrected chi connectivity index (χ1v) is 6.42. The van der Waals surface area contributed by atoms with Crippen LogP contribution in [0, 0.1) is 21.4 Å². The van der Waals surface area contributed by atoms with Gasteiger partial charge in [0.1, 0.15) is 29.2 Å². The topological polar surface area (TPSA) is 105 Å². The van der Waals surface area contributed by atoms with Crippen molar-refractivity contribution in [3.05, 3.63) is 27.8 Å². The second-order valence-electron chi connectivity index (χ2n) is 4.70. The summed E-state index contributed by atoms with van der Waals surface area (Å²) in [4.78, 5) is 12.4. The Kier molecular flexibility index (Phi) is 4.05. The molecule has 0 saturated carbocycles. The fraction of sp³-hybridized carbons (Fsp3) is 0.462. The van der Waals surface area contributed by atoms with Gasteiger partial charge in [0.25, 0.3) is 5.69 Å². The largest absolute Gasteiger partial charge is 0.488 e. The van der Waals surface area contributed by atoms with Gasteiger partial charge in [-0.05, 0) is 13.0 Å². The van der Waals surface area contributed by atoms with E-state index >= 15 is 0 Å². The lowest BCUT2D eigenvalue weighted by Crippen LogP contribution is -2.24. The summed E-state index contributed by atoms with van der Waals surface area (Å²) in [5.74, 6) is 0.318. The van der Waals surface area contributed by atoms with Crippen LogP contribution in [0.4, 0.5) is 11.4 Å². The minimum Gasteiger partial charge on any atom is -0.488 e. The van der Waals surface area contributed by atoms with Gasteiger partial charge in [-0.3, -0.25) is 15.0 Å². The normalized spacial score (nSPS) is 18.7. The average molecular weight is 276 g/mol. The number of hydrogen-bond acceptors (Lipinski definition) is 6. The number of nitro groups is 1. The predicted molar refractivity (Wildman–Crippen MR) is 73.4 cm³/mol. The number of likely N-dealkylation sites (tertiary alicyclic amines) is 1. The molecule has 7 nitrogen and oxygen atoms in total. The summed E-state index contributed by atoms with van der Waals surface area (Å²) in [7, 11) is 0. The zero-order valence-electron chi connectivity index (χ0n) is 11.2. The van der Waals surface area contributed by atoms with Crippen molar-refractivity contribution in [1.29, 1.82) is 5.26 Å². The molecule has 0 radical (unpaired) electrons. The van der Waals surface area contributed by atoms with Crippen LogP contribution in [0.3, 0.4) is 0 Å². The van der Waals surface area contributed by atoms with Crippen LogP contribution in [0.5, 0.6) is 5.75 Å². The predicted octanol–water partition coefficient (Wildman–Crippen LogP) is 1.52. The molecule has 0 aliphatic carbocycles. The second-order valence-corrected chi connectivity index (χ2v) is 4.70. The van der Waals surface area contributed by atoms with E-state index in [1.807, 2.05) is 6.07 Å². The maximum absolute atomic E-state index is 10.8. The summed E-state index contributed by atoms with van der Waals surface area (Å²) >= 11 is 0. The number of anilines is 1. The van der Waals surface area contributed by atoms with Gasteiger partial charge in [-0.15, -0.1) is 0 Å². The van der Waals surface area contributed by atoms with E-state index in [1.54, 1.807) is 0 Å². The molecule has 20 heavy (non-hydrogen) atoms. The first kappa shape index (κ1) is 14.1. The van der Waals surface area contributed by atoms with Gasteiger partial charge >= 0.3 is 0 Å². The molecular weight excluding hydrogens is 260 g/mol. The van der Waals surface area contributed by atoms with Crippen molar-refractivity contribution in [3.63, 3.8) is 0 Å². The molecule has 1 fully saturated rings. The molecule has 0 aromatic heterocycles. The maximum Gasteiger partial charge on any atom is 0.293 e. The molecule has 1 saturated heterocycles. The van der Waals surface area contributed by atoms with Gasteiger partial charge in [0.05, 0.1) is 4.92 Å². The van der Waals surface area contributed by atoms with E-state index in [0.717, 1.165) is 32.1 Å². The Bertz CT molecular complexity index is 567. The number of benzene rings is 1. The molecule has 0 bridgehead atoms. The third-order valence-electron chi connectivity index (χ3n) is 3.42. The number of ether oxygens (including phenoxy) is 1. The molecule has 1 aromatic rings. The zero-order valence-corrected chi connectivity index (χ0v) is 11.2. The summed E-state index contributed by atoms with van der Waals surface area (Å²) in [6.07, 6.45) is 0.859. The molecule has 1 aliphatic heterocycles. The summed E-state index contributed by atoms with van der Waals surface area (Å²) in [5.41, 5.74) is 5.51. The van der Waals surface area contributed by atoms with E-state index in [1.165, 1.54) is 6.07 Å². The minimum absolute atomic E-state index is 0.00865. The molecule has 1 heterocycles. The van der Waals surface area contributed by atoms with Crippen molar-refractivity contribution in [3.8, 4) is 11.8 Å². The van der Waals surface area contributed by atoms with Crippen molar-refractivity contribution in [1.82, 2.24) is 4.90 Å². The van der Waals surface area contributed by atoms with Crippen molar-refractivity contribution in [2.45, 2.75) is 19.4 Å². The first-order chi connectivity index (χ1) is 9.55. The van der Waals surface area contributed by atoms with E-state index in [-0.39, 0.29) is 23.0 Å². The monoisotopic (exact) mass is 276 g/mol. The van der Waals surface area contributed by atoms with Gasteiger partial charge in [-0.1, -0.05) is 6.92 Å². The quantitative estimate of drug-likeness (QED) is 0.507. The molecule has 2 N–H and O–H groups in total. The van der Waals surface area contributed by atoms with Crippen molar-refractivity contribution in [2.75, 3.05) is 25.4 Å². The lowest BCUT2D eigenvalue weighted by molar-refractivity contribution is -0.383. The summed E-state index contributed by atoms with van der Waals surface area (Å²) in [6, 6.07) is 4.45. The fourth-order valence-corrected chi connectivity index (χ4v) is 2.29. The Morgan fingerprint density at radius 2 is 2.40 bits per heavy atom. The molecule has 1 aromatic carbocycles. The van der Waals surface area contributed by atoms with Gasteiger partial charge in [-0.2, -0.15) is 5.26 Å². The number of nitrogens with two attached hydrogens (primary N) is 1. The highest BCUT2D eigenvalue weighted by molar-refractivity contribution is 5.66. The van der Waals surface area contributed by atoms with E-state index < -0.39 is 4.92 Å². The van der Waals surface area contributed by atoms with Crippen LogP contribution in [0.1, 0.15) is 18.9 Å². The molecule has 0 spiro atoms. The third-order valence-corrected chi connectivity index (χ3v) is 3.42. The molecule has 2 rings (SSSR count). The highest BCUT2D eigenvalue weighted by Gasteiger charge is 2.25. The summed E-state index contributed by atoms with van der Waals surface area (Å²) < 4.78 is 5.78. The molecule has 7 heteroatoms. The van der Waals surface area contributed by atoms with Crippen LogP contribution in [-0.2, 0) is 0 Å². The molecular formula is C13H16N4O3. The standard InChI is InChI=1S/C13H16N4O3/c1-2-16-4-3-10(8-16)20-13-6-11(15)12(17(18)19)5-9(13)7-14/h5-6,10H,2-4,8,15H2,1H3. The number of nitro benzene ring substituents is 1. The molecule has 0 amide bonds. The number of nitriles is 1. The summed E-state index contributed by atoms with van der Waals surface area (Å²) in [6.45, 7) is 4.77. The van der Waals surface area contributed by atoms with Gasteiger partial charge in [0.15, 0.2) is 0 Å². The van der Waals surface area contributed by atoms with E-state index in [9.17, 15) is 10.1 Å². The van der Waals surface area contributed by atoms with Gasteiger partial charge < -0.3 is 10.5 Å². The van der Waals surface area contributed by atoms with Crippen LogP contribution in [-0.4, -0.2) is 35.6 Å². The second kappa shape index (κ2) is 5.75. The highest BCUT2D eigenvalue weighted by atomic mass is 16.6. The zero-order chi connectivity index (χ0) is 14.7. The minimum atomic E-state index is -0.603. The van der Waals surface area contributed by atoms with Crippen LogP contribution in [0.15, 0.2) is 12.1 Å². The van der Waals surface area contributed by atoms with Crippen LogP contribution >= 0.6 is 0 Å². The Balaban J connectivity index is 2.22. The average Bonchev–Trinajstić information content (AvgIpc) is 2.86. The van der Waals surface area contributed by atoms with Gasteiger partial charge in [-0.25, -0.2) is 0 Å². The van der Waals surface area contributed by atoms with Gasteiger partial charge in [0.2, 0.25) is 0 Å². The van der Waals surface area contributed by atoms with E-state index in [2.05, 4.69) is 11.8 Å². The number of rotatable bonds is 4. The Morgan fingerprint density at radius 1 is 1.65 bits per heavy atom. The van der Waals surface area contributed by atoms with Gasteiger partial charge in [0, 0.05) is 25.2 Å².